The summed E-state index contributed by atoms with van der Waals surface area (Å²) in [5, 5.41) is 0. The van der Waals surface area contributed by atoms with Gasteiger partial charge in [-0.3, -0.25) is 0 Å². The fourth-order valence-electron chi connectivity index (χ4n) is 1.82. The van der Waals surface area contributed by atoms with E-state index >= 15 is 0 Å². The predicted molar refractivity (Wildman–Crippen MR) is 56.9 cm³/mol. The first kappa shape index (κ1) is 10.5. The summed E-state index contributed by atoms with van der Waals surface area (Å²) in [7, 11) is 1.62. The quantitative estimate of drug-likeness (QED) is 0.712. The molecule has 15 heavy (non-hydrogen) atoms. The Kier molecular flexibility index (Phi) is 3.23. The van der Waals surface area contributed by atoms with E-state index in [1.165, 1.54) is 5.56 Å². The Morgan fingerprint density at radius 1 is 1.47 bits per heavy atom. The van der Waals surface area contributed by atoms with Gasteiger partial charge in [-0.05, 0) is 25.0 Å². The minimum atomic E-state index is 0.284. The lowest BCUT2D eigenvalue weighted by molar-refractivity contribution is 0.0289. The molecule has 0 bridgehead atoms. The van der Waals surface area contributed by atoms with Crippen molar-refractivity contribution in [3.05, 3.63) is 29.3 Å². The van der Waals surface area contributed by atoms with Crippen LogP contribution in [-0.2, 0) is 22.5 Å². The maximum absolute atomic E-state index is 5.60. The summed E-state index contributed by atoms with van der Waals surface area (Å²) >= 11 is 0. The number of methoxy groups -OCH3 is 1. The van der Waals surface area contributed by atoms with E-state index in [1.807, 2.05) is 12.1 Å². The van der Waals surface area contributed by atoms with Crippen LogP contribution in [0.5, 0.6) is 5.75 Å². The van der Waals surface area contributed by atoms with E-state index in [4.69, 9.17) is 14.2 Å². The SMILES string of the molecule is COCOc1cccc2c1COC(C)C2. The zero-order chi connectivity index (χ0) is 10.7. The smallest absolute Gasteiger partial charge is 0.188 e. The van der Waals surface area contributed by atoms with Crippen molar-refractivity contribution in [3.8, 4) is 5.75 Å². The van der Waals surface area contributed by atoms with Crippen molar-refractivity contribution >= 4 is 0 Å². The van der Waals surface area contributed by atoms with Gasteiger partial charge >= 0.3 is 0 Å². The standard InChI is InChI=1S/C12H16O3/c1-9-6-10-4-3-5-12(15-8-13-2)11(10)7-14-9/h3-5,9H,6-8H2,1-2H3. The van der Waals surface area contributed by atoms with Crippen molar-refractivity contribution in [2.24, 2.45) is 0 Å². The molecule has 0 saturated heterocycles. The Morgan fingerprint density at radius 2 is 2.33 bits per heavy atom. The lowest BCUT2D eigenvalue weighted by Gasteiger charge is -2.24. The van der Waals surface area contributed by atoms with E-state index in [-0.39, 0.29) is 6.79 Å². The predicted octanol–water partition coefficient (Wildman–Crippen LogP) is 2.13. The van der Waals surface area contributed by atoms with Crippen LogP contribution < -0.4 is 4.74 Å². The minimum Gasteiger partial charge on any atom is -0.467 e. The van der Waals surface area contributed by atoms with Crippen LogP contribution in [0, 0.1) is 0 Å². The molecule has 1 aromatic carbocycles. The zero-order valence-electron chi connectivity index (χ0n) is 9.16. The fourth-order valence-corrected chi connectivity index (χ4v) is 1.82. The normalized spacial score (nSPS) is 19.7. The molecule has 3 nitrogen and oxygen atoms in total. The van der Waals surface area contributed by atoms with Gasteiger partial charge in [0.2, 0.25) is 0 Å². The summed E-state index contributed by atoms with van der Waals surface area (Å²) in [6.45, 7) is 3.01. The molecule has 0 radical (unpaired) electrons. The Morgan fingerprint density at radius 3 is 3.13 bits per heavy atom. The molecule has 82 valence electrons. The van der Waals surface area contributed by atoms with Crippen molar-refractivity contribution in [1.82, 2.24) is 0 Å². The van der Waals surface area contributed by atoms with Gasteiger partial charge in [-0.25, -0.2) is 0 Å². The summed E-state index contributed by atoms with van der Waals surface area (Å²) in [6, 6.07) is 6.10. The molecule has 3 heteroatoms. The van der Waals surface area contributed by atoms with E-state index in [0.29, 0.717) is 12.7 Å². The van der Waals surface area contributed by atoms with Crippen LogP contribution in [-0.4, -0.2) is 20.0 Å². The van der Waals surface area contributed by atoms with Crippen LogP contribution in [0.4, 0.5) is 0 Å². The van der Waals surface area contributed by atoms with Crippen LogP contribution in [0.3, 0.4) is 0 Å². The first-order chi connectivity index (χ1) is 7.31. The summed E-state index contributed by atoms with van der Waals surface area (Å²) in [6.07, 6.45) is 1.26. The molecule has 0 saturated carbocycles. The number of rotatable bonds is 3. The molecule has 1 atom stereocenters. The molecule has 2 rings (SSSR count). The van der Waals surface area contributed by atoms with Crippen LogP contribution in [0.1, 0.15) is 18.1 Å². The van der Waals surface area contributed by atoms with Gasteiger partial charge in [0.15, 0.2) is 6.79 Å². The van der Waals surface area contributed by atoms with Crippen molar-refractivity contribution in [3.63, 3.8) is 0 Å². The van der Waals surface area contributed by atoms with E-state index < -0.39 is 0 Å². The Balaban J connectivity index is 2.21. The number of fused-ring (bicyclic) bond motifs is 1. The van der Waals surface area contributed by atoms with Gasteiger partial charge in [-0.2, -0.15) is 0 Å². The van der Waals surface area contributed by atoms with Crippen molar-refractivity contribution in [1.29, 1.82) is 0 Å². The average Bonchev–Trinajstić information content (AvgIpc) is 2.25. The van der Waals surface area contributed by atoms with Gasteiger partial charge in [0.05, 0.1) is 12.7 Å². The summed E-state index contributed by atoms with van der Waals surface area (Å²) < 4.78 is 16.0. The summed E-state index contributed by atoms with van der Waals surface area (Å²) in [5.74, 6) is 0.876. The molecule has 0 fully saturated rings. The molecule has 1 aliphatic heterocycles. The first-order valence-electron chi connectivity index (χ1n) is 5.15. The van der Waals surface area contributed by atoms with Gasteiger partial charge in [0.25, 0.3) is 0 Å². The molecular formula is C12H16O3. The second kappa shape index (κ2) is 4.64. The lowest BCUT2D eigenvalue weighted by atomic mass is 9.99. The molecule has 0 aliphatic carbocycles. The number of hydrogen-bond acceptors (Lipinski definition) is 3. The number of ether oxygens (including phenoxy) is 3. The third-order valence-corrected chi connectivity index (χ3v) is 2.58. The Bertz CT molecular complexity index is 336. The van der Waals surface area contributed by atoms with Crippen LogP contribution >= 0.6 is 0 Å². The zero-order valence-corrected chi connectivity index (χ0v) is 9.16. The van der Waals surface area contributed by atoms with Crippen molar-refractivity contribution < 1.29 is 14.2 Å². The first-order valence-corrected chi connectivity index (χ1v) is 5.15. The number of benzene rings is 1. The maximum atomic E-state index is 5.60. The number of hydrogen-bond donors (Lipinski definition) is 0. The Hall–Kier alpha value is -1.06. The van der Waals surface area contributed by atoms with Gasteiger partial charge in [-0.15, -0.1) is 0 Å². The molecule has 0 amide bonds. The Labute approximate surface area is 90.0 Å². The second-order valence-electron chi connectivity index (χ2n) is 3.77. The molecule has 0 N–H and O–H groups in total. The molecule has 0 spiro atoms. The highest BCUT2D eigenvalue weighted by atomic mass is 16.7. The molecule has 1 aromatic rings. The highest BCUT2D eigenvalue weighted by Crippen LogP contribution is 2.28. The van der Waals surface area contributed by atoms with Crippen molar-refractivity contribution in [2.45, 2.75) is 26.1 Å². The third-order valence-electron chi connectivity index (χ3n) is 2.58. The van der Waals surface area contributed by atoms with E-state index in [0.717, 1.165) is 17.7 Å². The van der Waals surface area contributed by atoms with E-state index in [1.54, 1.807) is 7.11 Å². The molecule has 1 aliphatic rings. The highest BCUT2D eigenvalue weighted by molar-refractivity contribution is 5.41. The lowest BCUT2D eigenvalue weighted by Crippen LogP contribution is -2.19. The fraction of sp³-hybridized carbons (Fsp3) is 0.500. The average molecular weight is 208 g/mol. The second-order valence-corrected chi connectivity index (χ2v) is 3.77. The summed E-state index contributed by atoms with van der Waals surface area (Å²) in [5.41, 5.74) is 2.48. The highest BCUT2D eigenvalue weighted by Gasteiger charge is 2.18. The van der Waals surface area contributed by atoms with Gasteiger partial charge in [0, 0.05) is 12.7 Å². The topological polar surface area (TPSA) is 27.7 Å². The monoisotopic (exact) mass is 208 g/mol. The van der Waals surface area contributed by atoms with Gasteiger partial charge < -0.3 is 14.2 Å². The molecule has 0 aromatic heterocycles. The maximum Gasteiger partial charge on any atom is 0.188 e. The van der Waals surface area contributed by atoms with E-state index in [9.17, 15) is 0 Å². The van der Waals surface area contributed by atoms with E-state index in [2.05, 4.69) is 13.0 Å². The van der Waals surface area contributed by atoms with Crippen LogP contribution in [0.25, 0.3) is 0 Å². The van der Waals surface area contributed by atoms with Crippen LogP contribution in [0.15, 0.2) is 18.2 Å². The molecule has 1 heterocycles. The molecule has 1 unspecified atom stereocenters. The van der Waals surface area contributed by atoms with Crippen LogP contribution in [0.2, 0.25) is 0 Å². The van der Waals surface area contributed by atoms with Crippen molar-refractivity contribution in [2.75, 3.05) is 13.9 Å². The summed E-state index contributed by atoms with van der Waals surface area (Å²) in [4.78, 5) is 0. The molecular weight excluding hydrogens is 192 g/mol. The largest absolute Gasteiger partial charge is 0.467 e. The third kappa shape index (κ3) is 2.30. The minimum absolute atomic E-state index is 0.284. The van der Waals surface area contributed by atoms with Gasteiger partial charge in [-0.1, -0.05) is 12.1 Å². The van der Waals surface area contributed by atoms with Gasteiger partial charge in [0.1, 0.15) is 5.75 Å².